The maximum absolute atomic E-state index is 12.1. The third-order valence-electron chi connectivity index (χ3n) is 3.30. The molecule has 0 aliphatic heterocycles. The van der Waals surface area contributed by atoms with Crippen LogP contribution in [0.1, 0.15) is 35.7 Å². The molecule has 0 spiro atoms. The first-order valence-electron chi connectivity index (χ1n) is 7.96. The second-order valence-electron chi connectivity index (χ2n) is 5.95. The highest BCUT2D eigenvalue weighted by atomic mass is 16.1. The normalized spacial score (nSPS) is 10.6. The molecule has 2 N–H and O–H groups in total. The molecule has 1 amide bonds. The summed E-state index contributed by atoms with van der Waals surface area (Å²) < 4.78 is 0. The molecule has 5 heteroatoms. The average molecular weight is 312 g/mol. The molecule has 0 fully saturated rings. The highest BCUT2D eigenvalue weighted by molar-refractivity contribution is 5.92. The van der Waals surface area contributed by atoms with E-state index < -0.39 is 0 Å². The fourth-order valence-corrected chi connectivity index (χ4v) is 2.14. The van der Waals surface area contributed by atoms with E-state index in [-0.39, 0.29) is 5.91 Å². The number of rotatable bonds is 7. The van der Waals surface area contributed by atoms with Gasteiger partial charge in [0, 0.05) is 19.2 Å². The van der Waals surface area contributed by atoms with Crippen LogP contribution in [0.15, 0.2) is 36.4 Å². The van der Waals surface area contributed by atoms with Crippen molar-refractivity contribution >= 4 is 11.7 Å². The first kappa shape index (κ1) is 16.9. The van der Waals surface area contributed by atoms with E-state index in [0.29, 0.717) is 29.8 Å². The van der Waals surface area contributed by atoms with E-state index in [9.17, 15) is 4.79 Å². The quantitative estimate of drug-likeness (QED) is 0.825. The Morgan fingerprint density at radius 1 is 1.17 bits per heavy atom. The van der Waals surface area contributed by atoms with Crippen molar-refractivity contribution in [3.05, 3.63) is 53.5 Å². The molecule has 5 nitrogen and oxygen atoms in total. The van der Waals surface area contributed by atoms with Gasteiger partial charge in [0.05, 0.1) is 0 Å². The van der Waals surface area contributed by atoms with Crippen LogP contribution in [-0.4, -0.2) is 29.0 Å². The first-order chi connectivity index (χ1) is 11.0. The predicted octanol–water partition coefficient (Wildman–Crippen LogP) is 2.83. The monoisotopic (exact) mass is 312 g/mol. The van der Waals surface area contributed by atoms with Crippen molar-refractivity contribution < 1.29 is 4.79 Å². The molecule has 0 unspecified atom stereocenters. The van der Waals surface area contributed by atoms with Crippen molar-refractivity contribution in [3.8, 4) is 0 Å². The van der Waals surface area contributed by atoms with Crippen LogP contribution in [0, 0.1) is 12.8 Å². The summed E-state index contributed by atoms with van der Waals surface area (Å²) >= 11 is 0. The number of aryl methyl sites for hydroxylation is 1. The second-order valence-corrected chi connectivity index (χ2v) is 5.95. The third-order valence-corrected chi connectivity index (χ3v) is 3.30. The Balaban J connectivity index is 1.95. The van der Waals surface area contributed by atoms with Crippen LogP contribution in [0.3, 0.4) is 0 Å². The molecular weight excluding hydrogens is 288 g/mol. The van der Waals surface area contributed by atoms with E-state index in [4.69, 9.17) is 0 Å². The maximum atomic E-state index is 12.1. The topological polar surface area (TPSA) is 66.9 Å². The van der Waals surface area contributed by atoms with Crippen LogP contribution in [0.2, 0.25) is 0 Å². The van der Waals surface area contributed by atoms with Crippen LogP contribution in [0.25, 0.3) is 0 Å². The van der Waals surface area contributed by atoms with Gasteiger partial charge in [-0.1, -0.05) is 44.2 Å². The summed E-state index contributed by atoms with van der Waals surface area (Å²) in [6.07, 6.45) is 0.902. The molecule has 0 aliphatic rings. The molecule has 1 aromatic heterocycles. The summed E-state index contributed by atoms with van der Waals surface area (Å²) in [7, 11) is 0. The second kappa shape index (κ2) is 8.27. The number of carbonyl (C=O) groups is 1. The van der Waals surface area contributed by atoms with Gasteiger partial charge < -0.3 is 10.6 Å². The zero-order chi connectivity index (χ0) is 16.7. The minimum absolute atomic E-state index is 0.157. The molecule has 1 aromatic carbocycles. The van der Waals surface area contributed by atoms with Crippen LogP contribution < -0.4 is 10.6 Å². The molecule has 1 heterocycles. The third kappa shape index (κ3) is 5.70. The zero-order valence-corrected chi connectivity index (χ0v) is 14.0. The van der Waals surface area contributed by atoms with Gasteiger partial charge in [0.1, 0.15) is 17.3 Å². The molecule has 2 aromatic rings. The number of aromatic nitrogens is 2. The lowest BCUT2D eigenvalue weighted by molar-refractivity contribution is 0.0943. The Labute approximate surface area is 137 Å². The number of hydrogen-bond acceptors (Lipinski definition) is 4. The predicted molar refractivity (Wildman–Crippen MR) is 92.6 cm³/mol. The van der Waals surface area contributed by atoms with Gasteiger partial charge in [-0.05, 0) is 24.8 Å². The number of amides is 1. The Kier molecular flexibility index (Phi) is 6.09. The lowest BCUT2D eigenvalue weighted by atomic mass is 10.1. The summed E-state index contributed by atoms with van der Waals surface area (Å²) in [5.74, 6) is 1.52. The van der Waals surface area contributed by atoms with Crippen LogP contribution in [-0.2, 0) is 6.42 Å². The summed E-state index contributed by atoms with van der Waals surface area (Å²) in [6.45, 7) is 7.30. The first-order valence-corrected chi connectivity index (χ1v) is 7.96. The van der Waals surface area contributed by atoms with Crippen LogP contribution in [0.4, 0.5) is 5.82 Å². The van der Waals surface area contributed by atoms with Crippen molar-refractivity contribution in [1.82, 2.24) is 15.3 Å². The molecule has 0 bridgehead atoms. The van der Waals surface area contributed by atoms with Gasteiger partial charge in [0.15, 0.2) is 0 Å². The van der Waals surface area contributed by atoms with E-state index in [2.05, 4.69) is 46.6 Å². The van der Waals surface area contributed by atoms with E-state index in [1.807, 2.05) is 18.2 Å². The number of anilines is 1. The highest BCUT2D eigenvalue weighted by Gasteiger charge is 2.10. The van der Waals surface area contributed by atoms with Gasteiger partial charge in [0.25, 0.3) is 5.91 Å². The summed E-state index contributed by atoms with van der Waals surface area (Å²) in [4.78, 5) is 20.7. The van der Waals surface area contributed by atoms with Crippen molar-refractivity contribution in [2.75, 3.05) is 18.4 Å². The molecule has 0 radical (unpaired) electrons. The Morgan fingerprint density at radius 2 is 1.91 bits per heavy atom. The fraction of sp³-hybridized carbons (Fsp3) is 0.389. The molecule has 0 atom stereocenters. The fourth-order valence-electron chi connectivity index (χ4n) is 2.14. The van der Waals surface area contributed by atoms with E-state index in [1.165, 1.54) is 5.56 Å². The Hall–Kier alpha value is -2.43. The van der Waals surface area contributed by atoms with Crippen molar-refractivity contribution in [1.29, 1.82) is 0 Å². The van der Waals surface area contributed by atoms with E-state index >= 15 is 0 Å². The maximum Gasteiger partial charge on any atom is 0.270 e. The summed E-state index contributed by atoms with van der Waals surface area (Å²) in [5.41, 5.74) is 1.67. The number of nitrogens with zero attached hydrogens (tertiary/aromatic N) is 2. The van der Waals surface area contributed by atoms with Gasteiger partial charge in [-0.15, -0.1) is 0 Å². The van der Waals surface area contributed by atoms with Gasteiger partial charge in [0.2, 0.25) is 0 Å². The molecular formula is C18H24N4O. The SMILES string of the molecule is Cc1nc(NCCc2ccccc2)cc(C(=O)NCC(C)C)n1. The van der Waals surface area contributed by atoms with Crippen LogP contribution >= 0.6 is 0 Å². The summed E-state index contributed by atoms with van der Waals surface area (Å²) in [6, 6.07) is 12.0. The van der Waals surface area contributed by atoms with E-state index in [1.54, 1.807) is 13.0 Å². The smallest absolute Gasteiger partial charge is 0.270 e. The largest absolute Gasteiger partial charge is 0.370 e. The molecule has 122 valence electrons. The molecule has 0 aliphatic carbocycles. The van der Waals surface area contributed by atoms with Gasteiger partial charge in [-0.25, -0.2) is 9.97 Å². The molecule has 23 heavy (non-hydrogen) atoms. The average Bonchev–Trinajstić information content (AvgIpc) is 2.53. The number of benzene rings is 1. The number of carbonyl (C=O) groups excluding carboxylic acids is 1. The molecule has 0 saturated carbocycles. The van der Waals surface area contributed by atoms with Gasteiger partial charge in [-0.3, -0.25) is 4.79 Å². The van der Waals surface area contributed by atoms with Crippen LogP contribution in [0.5, 0.6) is 0 Å². The van der Waals surface area contributed by atoms with Crippen molar-refractivity contribution in [2.24, 2.45) is 5.92 Å². The number of nitrogens with one attached hydrogen (secondary N) is 2. The van der Waals surface area contributed by atoms with Gasteiger partial charge in [-0.2, -0.15) is 0 Å². The Bertz CT molecular complexity index is 641. The lowest BCUT2D eigenvalue weighted by Crippen LogP contribution is -2.28. The molecule has 0 saturated heterocycles. The molecule has 2 rings (SSSR count). The van der Waals surface area contributed by atoms with Crippen molar-refractivity contribution in [3.63, 3.8) is 0 Å². The zero-order valence-electron chi connectivity index (χ0n) is 14.0. The standard InChI is InChI=1S/C18H24N4O/c1-13(2)12-20-18(23)16-11-17(22-14(3)21-16)19-10-9-15-7-5-4-6-8-15/h4-8,11,13H,9-10,12H2,1-3H3,(H,20,23)(H,19,21,22). The summed E-state index contributed by atoms with van der Waals surface area (Å²) in [5, 5.41) is 6.14. The number of hydrogen-bond donors (Lipinski definition) is 2. The van der Waals surface area contributed by atoms with E-state index in [0.717, 1.165) is 13.0 Å². The highest BCUT2D eigenvalue weighted by Crippen LogP contribution is 2.08. The van der Waals surface area contributed by atoms with Gasteiger partial charge >= 0.3 is 0 Å². The minimum atomic E-state index is -0.157. The Morgan fingerprint density at radius 3 is 2.61 bits per heavy atom. The lowest BCUT2D eigenvalue weighted by Gasteiger charge is -2.10. The minimum Gasteiger partial charge on any atom is -0.370 e. The van der Waals surface area contributed by atoms with Crippen molar-refractivity contribution in [2.45, 2.75) is 27.2 Å².